The molecule has 1 aliphatic heterocycles. The molecule has 0 atom stereocenters. The molecule has 3 aromatic rings. The molecule has 0 saturated carbocycles. The van der Waals surface area contributed by atoms with E-state index in [0.29, 0.717) is 11.6 Å². The van der Waals surface area contributed by atoms with Crippen molar-refractivity contribution in [1.82, 2.24) is 25.1 Å². The molecule has 1 saturated heterocycles. The maximum atomic E-state index is 13.0. The lowest BCUT2D eigenvalue weighted by Crippen LogP contribution is -2.47. The Hall–Kier alpha value is -3.36. The molecule has 0 unspecified atom stereocenters. The molecule has 26 heavy (non-hydrogen) atoms. The molecule has 1 aromatic carbocycles. The third kappa shape index (κ3) is 3.66. The number of nitrogens with one attached hydrogen (secondary N) is 1. The minimum absolute atomic E-state index is 0.288. The van der Waals surface area contributed by atoms with Crippen molar-refractivity contribution < 1.29 is 4.39 Å². The summed E-state index contributed by atoms with van der Waals surface area (Å²) in [5.41, 5.74) is 0.705. The van der Waals surface area contributed by atoms with E-state index < -0.39 is 0 Å². The van der Waals surface area contributed by atoms with Crippen molar-refractivity contribution in [3.05, 3.63) is 54.7 Å². The van der Waals surface area contributed by atoms with Crippen LogP contribution in [0.25, 0.3) is 0 Å². The molecule has 132 valence electrons. The van der Waals surface area contributed by atoms with E-state index in [9.17, 15) is 4.39 Å². The summed E-state index contributed by atoms with van der Waals surface area (Å²) in [6.45, 7) is 3.17. The standard InChI is InChI=1S/C17H17FN8/c18-13-2-4-14(5-3-13)22-16-23-15(12-21-24-16)25-8-10-26(11-9-25)17-19-6-1-7-20-17/h1-7,12H,8-11H2,(H,22,23,24). The van der Waals surface area contributed by atoms with E-state index in [-0.39, 0.29) is 5.82 Å². The third-order valence-corrected chi connectivity index (χ3v) is 4.09. The van der Waals surface area contributed by atoms with Gasteiger partial charge >= 0.3 is 0 Å². The molecule has 0 bridgehead atoms. The molecule has 1 aliphatic rings. The van der Waals surface area contributed by atoms with Crippen molar-refractivity contribution in [2.75, 3.05) is 41.3 Å². The predicted molar refractivity (Wildman–Crippen MR) is 96.0 cm³/mol. The second kappa shape index (κ2) is 7.26. The molecule has 0 aliphatic carbocycles. The Bertz CT molecular complexity index is 850. The summed E-state index contributed by atoms with van der Waals surface area (Å²) in [6.07, 6.45) is 5.14. The minimum atomic E-state index is -0.288. The van der Waals surface area contributed by atoms with Crippen molar-refractivity contribution in [2.45, 2.75) is 0 Å². The maximum Gasteiger partial charge on any atom is 0.249 e. The highest BCUT2D eigenvalue weighted by molar-refractivity contribution is 5.54. The molecule has 8 nitrogen and oxygen atoms in total. The number of nitrogens with zero attached hydrogens (tertiary/aromatic N) is 7. The fourth-order valence-corrected chi connectivity index (χ4v) is 2.75. The first kappa shape index (κ1) is 16.1. The number of rotatable bonds is 4. The van der Waals surface area contributed by atoms with Crippen molar-refractivity contribution in [3.63, 3.8) is 0 Å². The second-order valence-electron chi connectivity index (χ2n) is 5.79. The lowest BCUT2D eigenvalue weighted by Gasteiger charge is -2.35. The van der Waals surface area contributed by atoms with E-state index in [1.54, 1.807) is 30.7 Å². The molecule has 2 aromatic heterocycles. The van der Waals surface area contributed by atoms with E-state index in [2.05, 4.69) is 40.3 Å². The topological polar surface area (TPSA) is 83.0 Å². The summed E-state index contributed by atoms with van der Waals surface area (Å²) in [5, 5.41) is 11.0. The van der Waals surface area contributed by atoms with Gasteiger partial charge in [-0.1, -0.05) is 0 Å². The number of piperazine rings is 1. The van der Waals surface area contributed by atoms with Crippen LogP contribution in [0, 0.1) is 5.82 Å². The van der Waals surface area contributed by atoms with Gasteiger partial charge in [0.25, 0.3) is 0 Å². The molecule has 0 amide bonds. The van der Waals surface area contributed by atoms with E-state index in [4.69, 9.17) is 0 Å². The summed E-state index contributed by atoms with van der Waals surface area (Å²) in [5.74, 6) is 1.58. The zero-order valence-electron chi connectivity index (χ0n) is 14.0. The molecule has 4 rings (SSSR count). The van der Waals surface area contributed by atoms with Crippen LogP contribution in [0.1, 0.15) is 0 Å². The number of benzene rings is 1. The summed E-state index contributed by atoms with van der Waals surface area (Å²) >= 11 is 0. The van der Waals surface area contributed by atoms with Gasteiger partial charge < -0.3 is 15.1 Å². The van der Waals surface area contributed by atoms with Crippen LogP contribution < -0.4 is 15.1 Å². The van der Waals surface area contributed by atoms with Gasteiger partial charge in [0.1, 0.15) is 5.82 Å². The number of hydrogen-bond acceptors (Lipinski definition) is 8. The van der Waals surface area contributed by atoms with Gasteiger partial charge in [-0.2, -0.15) is 10.1 Å². The Morgan fingerprint density at radius 3 is 2.35 bits per heavy atom. The zero-order chi connectivity index (χ0) is 17.8. The monoisotopic (exact) mass is 352 g/mol. The van der Waals surface area contributed by atoms with Gasteiger partial charge in [0.05, 0.1) is 6.20 Å². The van der Waals surface area contributed by atoms with E-state index >= 15 is 0 Å². The number of aromatic nitrogens is 5. The van der Waals surface area contributed by atoms with Crippen LogP contribution in [-0.4, -0.2) is 51.3 Å². The van der Waals surface area contributed by atoms with Gasteiger partial charge in [-0.15, -0.1) is 5.10 Å². The van der Waals surface area contributed by atoms with E-state index in [0.717, 1.165) is 37.9 Å². The fraction of sp³-hybridized carbons (Fsp3) is 0.235. The molecule has 0 spiro atoms. The average molecular weight is 352 g/mol. The van der Waals surface area contributed by atoms with Crippen LogP contribution in [0.2, 0.25) is 0 Å². The average Bonchev–Trinajstić information content (AvgIpc) is 2.71. The summed E-state index contributed by atoms with van der Waals surface area (Å²) < 4.78 is 13.0. The summed E-state index contributed by atoms with van der Waals surface area (Å²) in [7, 11) is 0. The fourth-order valence-electron chi connectivity index (χ4n) is 2.75. The zero-order valence-corrected chi connectivity index (χ0v) is 14.0. The Balaban J connectivity index is 1.42. The van der Waals surface area contributed by atoms with Crippen LogP contribution in [0.4, 0.5) is 27.8 Å². The molecule has 9 heteroatoms. The van der Waals surface area contributed by atoms with Gasteiger partial charge in [-0.3, -0.25) is 0 Å². The van der Waals surface area contributed by atoms with Crippen LogP contribution in [-0.2, 0) is 0 Å². The SMILES string of the molecule is Fc1ccc(Nc2nncc(N3CCN(c4ncccn4)CC3)n2)cc1. The normalized spacial score (nSPS) is 14.3. The summed E-state index contributed by atoms with van der Waals surface area (Å²) in [6, 6.07) is 7.82. The maximum absolute atomic E-state index is 13.0. The highest BCUT2D eigenvalue weighted by Crippen LogP contribution is 2.18. The van der Waals surface area contributed by atoms with E-state index in [1.165, 1.54) is 12.1 Å². The number of hydrogen-bond donors (Lipinski definition) is 1. The van der Waals surface area contributed by atoms with Gasteiger partial charge in [0, 0.05) is 44.3 Å². The first-order valence-electron chi connectivity index (χ1n) is 8.27. The van der Waals surface area contributed by atoms with Crippen molar-refractivity contribution in [3.8, 4) is 0 Å². The van der Waals surface area contributed by atoms with Crippen LogP contribution in [0.3, 0.4) is 0 Å². The number of halogens is 1. The molecule has 3 heterocycles. The van der Waals surface area contributed by atoms with Gasteiger partial charge in [0.2, 0.25) is 11.9 Å². The highest BCUT2D eigenvalue weighted by atomic mass is 19.1. The van der Waals surface area contributed by atoms with Gasteiger partial charge in [0.15, 0.2) is 5.82 Å². The second-order valence-corrected chi connectivity index (χ2v) is 5.79. The third-order valence-electron chi connectivity index (χ3n) is 4.09. The quantitative estimate of drug-likeness (QED) is 0.762. The van der Waals surface area contributed by atoms with Crippen LogP contribution in [0.5, 0.6) is 0 Å². The summed E-state index contributed by atoms with van der Waals surface area (Å²) in [4.78, 5) is 17.4. The largest absolute Gasteiger partial charge is 0.352 e. The predicted octanol–water partition coefficient (Wildman–Crippen LogP) is 1.87. The lowest BCUT2D eigenvalue weighted by atomic mass is 10.3. The van der Waals surface area contributed by atoms with Crippen LogP contribution in [0.15, 0.2) is 48.9 Å². The molecule has 0 radical (unpaired) electrons. The van der Waals surface area contributed by atoms with Gasteiger partial charge in [-0.25, -0.2) is 14.4 Å². The highest BCUT2D eigenvalue weighted by Gasteiger charge is 2.20. The Morgan fingerprint density at radius 1 is 0.923 bits per heavy atom. The molecular weight excluding hydrogens is 335 g/mol. The van der Waals surface area contributed by atoms with Crippen molar-refractivity contribution in [2.24, 2.45) is 0 Å². The molecule has 1 fully saturated rings. The van der Waals surface area contributed by atoms with E-state index in [1.807, 2.05) is 6.07 Å². The van der Waals surface area contributed by atoms with Crippen LogP contribution >= 0.6 is 0 Å². The Morgan fingerprint density at radius 2 is 1.62 bits per heavy atom. The molecular formula is C17H17FN8. The van der Waals surface area contributed by atoms with Gasteiger partial charge in [-0.05, 0) is 30.3 Å². The minimum Gasteiger partial charge on any atom is -0.352 e. The Kier molecular flexibility index (Phi) is 4.50. The van der Waals surface area contributed by atoms with Crippen molar-refractivity contribution >= 4 is 23.4 Å². The molecule has 1 N–H and O–H groups in total. The number of anilines is 4. The lowest BCUT2D eigenvalue weighted by molar-refractivity contribution is 0.628. The van der Waals surface area contributed by atoms with Crippen molar-refractivity contribution in [1.29, 1.82) is 0 Å². The smallest absolute Gasteiger partial charge is 0.249 e. The first-order chi connectivity index (χ1) is 12.8. The Labute approximate surface area is 149 Å². The first-order valence-corrected chi connectivity index (χ1v) is 8.27.